The summed E-state index contributed by atoms with van der Waals surface area (Å²) in [4.78, 5) is 7.68. The Kier molecular flexibility index (Phi) is 4.39. The van der Waals surface area contributed by atoms with E-state index in [1.165, 1.54) is 24.3 Å². The van der Waals surface area contributed by atoms with E-state index in [1.54, 1.807) is 6.92 Å². The molecule has 0 spiro atoms. The fourth-order valence-electron chi connectivity index (χ4n) is 1.40. The van der Waals surface area contributed by atoms with Crippen molar-refractivity contribution in [2.45, 2.75) is 11.8 Å². The molecule has 0 saturated carbocycles. The lowest BCUT2D eigenvalue weighted by Gasteiger charge is -2.08. The van der Waals surface area contributed by atoms with Crippen molar-refractivity contribution >= 4 is 50.8 Å². The van der Waals surface area contributed by atoms with Crippen molar-refractivity contribution in [3.8, 4) is 0 Å². The smallest absolute Gasteiger partial charge is 0.247 e. The third kappa shape index (κ3) is 3.52. The molecule has 106 valence electrons. The first-order chi connectivity index (χ1) is 9.28. The Morgan fingerprint density at radius 1 is 1.05 bits per heavy atom. The van der Waals surface area contributed by atoms with Crippen LogP contribution in [0.3, 0.4) is 0 Å². The Labute approximate surface area is 131 Å². The van der Waals surface area contributed by atoms with Gasteiger partial charge in [-0.3, -0.25) is 0 Å². The molecule has 9 heteroatoms. The fraction of sp³-hybridized carbons (Fsp3) is 0.0909. The first-order valence-corrected chi connectivity index (χ1v) is 7.89. The minimum atomic E-state index is -3.86. The zero-order valence-electron chi connectivity index (χ0n) is 10.1. The van der Waals surface area contributed by atoms with Gasteiger partial charge in [0.1, 0.15) is 5.15 Å². The van der Waals surface area contributed by atoms with Gasteiger partial charge in [-0.2, -0.15) is 0 Å². The molecule has 1 heterocycles. The second kappa shape index (κ2) is 5.73. The standard InChI is InChI=1S/C11H8Cl3N3O2S/c1-6-4-10(14)16-11(15-6)17-20(18,19)7-2-3-8(12)9(13)5-7/h2-5H,1H3,(H,15,16,17). The van der Waals surface area contributed by atoms with Crippen LogP contribution in [0.15, 0.2) is 29.2 Å². The van der Waals surface area contributed by atoms with E-state index in [-0.39, 0.29) is 26.0 Å². The molecular formula is C11H8Cl3N3O2S. The van der Waals surface area contributed by atoms with Crippen LogP contribution < -0.4 is 4.72 Å². The van der Waals surface area contributed by atoms with Crippen LogP contribution in [0.4, 0.5) is 5.95 Å². The Morgan fingerprint density at radius 3 is 2.35 bits per heavy atom. The molecule has 1 aromatic carbocycles. The maximum Gasteiger partial charge on any atom is 0.264 e. The first-order valence-electron chi connectivity index (χ1n) is 5.27. The van der Waals surface area contributed by atoms with Crippen LogP contribution in [0, 0.1) is 6.92 Å². The number of hydrogen-bond acceptors (Lipinski definition) is 4. The van der Waals surface area contributed by atoms with Gasteiger partial charge in [-0.1, -0.05) is 34.8 Å². The van der Waals surface area contributed by atoms with E-state index in [4.69, 9.17) is 34.8 Å². The van der Waals surface area contributed by atoms with Crippen LogP contribution in [-0.4, -0.2) is 18.4 Å². The zero-order valence-corrected chi connectivity index (χ0v) is 13.1. The van der Waals surface area contributed by atoms with Crippen LogP contribution in [-0.2, 0) is 10.0 Å². The van der Waals surface area contributed by atoms with Gasteiger partial charge in [-0.25, -0.2) is 23.1 Å². The summed E-state index contributed by atoms with van der Waals surface area (Å²) in [6.45, 7) is 1.67. The molecule has 0 aliphatic rings. The highest BCUT2D eigenvalue weighted by molar-refractivity contribution is 7.92. The number of anilines is 1. The second-order valence-corrected chi connectivity index (χ2v) is 6.72. The van der Waals surface area contributed by atoms with Crippen molar-refractivity contribution in [2.75, 3.05) is 4.72 Å². The number of halogens is 3. The van der Waals surface area contributed by atoms with Gasteiger partial charge in [0.05, 0.1) is 14.9 Å². The molecule has 0 saturated heterocycles. The van der Waals surface area contributed by atoms with Gasteiger partial charge < -0.3 is 0 Å². The third-order valence-corrected chi connectivity index (χ3v) is 4.51. The maximum atomic E-state index is 12.2. The van der Waals surface area contributed by atoms with E-state index in [0.29, 0.717) is 5.69 Å². The lowest BCUT2D eigenvalue weighted by molar-refractivity contribution is 0.601. The Morgan fingerprint density at radius 2 is 1.75 bits per heavy atom. The molecule has 0 amide bonds. The number of nitrogens with one attached hydrogen (secondary N) is 1. The molecule has 0 aliphatic heterocycles. The summed E-state index contributed by atoms with van der Waals surface area (Å²) < 4.78 is 26.5. The first kappa shape index (κ1) is 15.3. The van der Waals surface area contributed by atoms with Gasteiger partial charge in [-0.05, 0) is 31.2 Å². The zero-order chi connectivity index (χ0) is 14.9. The van der Waals surface area contributed by atoms with E-state index in [9.17, 15) is 8.42 Å². The quantitative estimate of drug-likeness (QED) is 0.858. The SMILES string of the molecule is Cc1cc(Cl)nc(NS(=O)(=O)c2ccc(Cl)c(Cl)c2)n1. The average molecular weight is 353 g/mol. The molecule has 1 N–H and O–H groups in total. The van der Waals surface area contributed by atoms with Gasteiger partial charge in [0.25, 0.3) is 10.0 Å². The Balaban J connectivity index is 2.37. The van der Waals surface area contributed by atoms with E-state index < -0.39 is 10.0 Å². The number of aromatic nitrogens is 2. The average Bonchev–Trinajstić information content (AvgIpc) is 2.30. The highest BCUT2D eigenvalue weighted by Gasteiger charge is 2.17. The van der Waals surface area contributed by atoms with Crippen molar-refractivity contribution in [3.05, 3.63) is 45.2 Å². The van der Waals surface area contributed by atoms with Gasteiger partial charge in [0.2, 0.25) is 5.95 Å². The number of sulfonamides is 1. The van der Waals surface area contributed by atoms with Gasteiger partial charge >= 0.3 is 0 Å². The maximum absolute atomic E-state index is 12.2. The molecule has 1 aromatic heterocycles. The lowest BCUT2D eigenvalue weighted by atomic mass is 10.4. The summed E-state index contributed by atoms with van der Waals surface area (Å²) in [5.41, 5.74) is 0.539. The summed E-state index contributed by atoms with van der Waals surface area (Å²) in [7, 11) is -3.86. The van der Waals surface area contributed by atoms with E-state index >= 15 is 0 Å². The molecule has 0 fully saturated rings. The van der Waals surface area contributed by atoms with Crippen LogP contribution in [0.2, 0.25) is 15.2 Å². The number of nitrogens with zero attached hydrogens (tertiary/aromatic N) is 2. The molecule has 2 rings (SSSR count). The van der Waals surface area contributed by atoms with Gasteiger partial charge in [0.15, 0.2) is 0 Å². The van der Waals surface area contributed by atoms with E-state index in [0.717, 1.165) is 0 Å². The predicted octanol–water partition coefficient (Wildman–Crippen LogP) is 3.55. The van der Waals surface area contributed by atoms with Crippen LogP contribution >= 0.6 is 34.8 Å². The van der Waals surface area contributed by atoms with Crippen molar-refractivity contribution in [1.29, 1.82) is 0 Å². The topological polar surface area (TPSA) is 72.0 Å². The van der Waals surface area contributed by atoms with Crippen molar-refractivity contribution < 1.29 is 8.42 Å². The summed E-state index contributed by atoms with van der Waals surface area (Å²) in [5, 5.41) is 0.544. The van der Waals surface area contributed by atoms with Crippen LogP contribution in [0.25, 0.3) is 0 Å². The summed E-state index contributed by atoms with van der Waals surface area (Å²) in [6, 6.07) is 5.47. The molecule has 0 bridgehead atoms. The molecule has 5 nitrogen and oxygen atoms in total. The molecule has 0 aliphatic carbocycles. The summed E-state index contributed by atoms with van der Waals surface area (Å²) >= 11 is 17.3. The minimum Gasteiger partial charge on any atom is -0.247 e. The molecule has 0 radical (unpaired) electrons. The summed E-state index contributed by atoms with van der Waals surface area (Å²) in [5.74, 6) is -0.110. The third-order valence-electron chi connectivity index (χ3n) is 2.25. The summed E-state index contributed by atoms with van der Waals surface area (Å²) in [6.07, 6.45) is 0. The predicted molar refractivity (Wildman–Crippen MR) is 79.0 cm³/mol. The molecule has 0 unspecified atom stereocenters. The number of rotatable bonds is 3. The molecule has 20 heavy (non-hydrogen) atoms. The molecular weight excluding hydrogens is 345 g/mol. The van der Waals surface area contributed by atoms with Gasteiger partial charge in [-0.15, -0.1) is 0 Å². The highest BCUT2D eigenvalue weighted by Crippen LogP contribution is 2.25. The van der Waals surface area contributed by atoms with Crippen molar-refractivity contribution in [1.82, 2.24) is 9.97 Å². The van der Waals surface area contributed by atoms with E-state index in [2.05, 4.69) is 14.7 Å². The van der Waals surface area contributed by atoms with Crippen molar-refractivity contribution in [3.63, 3.8) is 0 Å². The monoisotopic (exact) mass is 351 g/mol. The number of aryl methyl sites for hydroxylation is 1. The largest absolute Gasteiger partial charge is 0.264 e. The Bertz CT molecular complexity index is 745. The molecule has 0 atom stereocenters. The van der Waals surface area contributed by atoms with Gasteiger partial charge in [0, 0.05) is 5.69 Å². The normalized spacial score (nSPS) is 11.4. The van der Waals surface area contributed by atoms with E-state index in [1.807, 2.05) is 0 Å². The van der Waals surface area contributed by atoms with Crippen molar-refractivity contribution in [2.24, 2.45) is 0 Å². The number of hydrogen-bond donors (Lipinski definition) is 1. The second-order valence-electron chi connectivity index (χ2n) is 3.84. The minimum absolute atomic E-state index is 0.0480. The Hall–Kier alpha value is -1.08. The lowest BCUT2D eigenvalue weighted by Crippen LogP contribution is -2.15. The fourth-order valence-corrected chi connectivity index (χ4v) is 2.97. The molecule has 2 aromatic rings. The van der Waals surface area contributed by atoms with Crippen LogP contribution in [0.1, 0.15) is 5.69 Å². The van der Waals surface area contributed by atoms with Crippen LogP contribution in [0.5, 0.6) is 0 Å². The highest BCUT2D eigenvalue weighted by atomic mass is 35.5. The number of benzene rings is 1.